The zero-order valence-corrected chi connectivity index (χ0v) is 19.3. The second kappa shape index (κ2) is 9.77. The van der Waals surface area contributed by atoms with Crippen LogP contribution in [0.3, 0.4) is 0 Å². The van der Waals surface area contributed by atoms with Crippen LogP contribution in [0.25, 0.3) is 23.1 Å². The van der Waals surface area contributed by atoms with E-state index in [2.05, 4.69) is 38.7 Å². The number of H-pyrrole nitrogens is 1. The molecule has 0 saturated heterocycles. The molecule has 2 heterocycles. The van der Waals surface area contributed by atoms with Gasteiger partial charge in [-0.15, -0.1) is 0 Å². The molecule has 2 N–H and O–H groups in total. The SMILES string of the molecule is Cc1ccccc1NC(=O)c1ccccc1Sc1ccc2c(/C=C/c3ccccn3)n[nH]c2c1. The number of fused-ring (bicyclic) bond motifs is 1. The number of benzene rings is 3. The number of hydrogen-bond acceptors (Lipinski definition) is 4. The summed E-state index contributed by atoms with van der Waals surface area (Å²) in [5, 5.41) is 11.6. The van der Waals surface area contributed by atoms with Gasteiger partial charge in [0.25, 0.3) is 5.91 Å². The molecule has 0 spiro atoms. The van der Waals surface area contributed by atoms with E-state index in [1.165, 1.54) is 0 Å². The molecule has 0 radical (unpaired) electrons. The van der Waals surface area contributed by atoms with Crippen molar-refractivity contribution in [2.75, 3.05) is 5.32 Å². The summed E-state index contributed by atoms with van der Waals surface area (Å²) in [7, 11) is 0. The third kappa shape index (κ3) is 4.77. The maximum atomic E-state index is 13.0. The molecule has 166 valence electrons. The van der Waals surface area contributed by atoms with E-state index in [1.54, 1.807) is 18.0 Å². The summed E-state index contributed by atoms with van der Waals surface area (Å²) < 4.78 is 0. The highest BCUT2D eigenvalue weighted by molar-refractivity contribution is 7.99. The predicted octanol–water partition coefficient (Wildman–Crippen LogP) is 6.84. The summed E-state index contributed by atoms with van der Waals surface area (Å²) in [4.78, 5) is 19.3. The maximum Gasteiger partial charge on any atom is 0.256 e. The van der Waals surface area contributed by atoms with Gasteiger partial charge in [-0.05, 0) is 73.2 Å². The number of nitrogens with zero attached hydrogens (tertiary/aromatic N) is 2. The lowest BCUT2D eigenvalue weighted by atomic mass is 10.1. The van der Waals surface area contributed by atoms with Crippen molar-refractivity contribution in [1.82, 2.24) is 15.2 Å². The van der Waals surface area contributed by atoms with Gasteiger partial charge in [0.05, 0.1) is 22.5 Å². The summed E-state index contributed by atoms with van der Waals surface area (Å²) in [6.45, 7) is 1.98. The molecule has 0 aliphatic carbocycles. The molecule has 0 aliphatic rings. The number of pyridine rings is 1. The molecule has 0 saturated carbocycles. The van der Waals surface area contributed by atoms with Crippen molar-refractivity contribution in [2.24, 2.45) is 0 Å². The van der Waals surface area contributed by atoms with E-state index < -0.39 is 0 Å². The number of anilines is 1. The molecule has 1 amide bonds. The quantitative estimate of drug-likeness (QED) is 0.290. The molecule has 0 atom stereocenters. The fourth-order valence-electron chi connectivity index (χ4n) is 3.62. The molecule has 0 aliphatic heterocycles. The summed E-state index contributed by atoms with van der Waals surface area (Å²) in [6.07, 6.45) is 5.67. The lowest BCUT2D eigenvalue weighted by Gasteiger charge is -2.11. The molecule has 5 aromatic rings. The number of nitrogens with one attached hydrogen (secondary N) is 2. The molecule has 0 fully saturated rings. The van der Waals surface area contributed by atoms with Gasteiger partial charge in [0, 0.05) is 27.1 Å². The Labute approximate surface area is 202 Å². The van der Waals surface area contributed by atoms with E-state index in [0.717, 1.165) is 43.3 Å². The number of carbonyl (C=O) groups is 1. The first-order chi connectivity index (χ1) is 16.7. The molecule has 5 nitrogen and oxygen atoms in total. The van der Waals surface area contributed by atoms with Gasteiger partial charge in [-0.1, -0.05) is 48.2 Å². The highest BCUT2D eigenvalue weighted by Gasteiger charge is 2.14. The minimum atomic E-state index is -0.123. The third-order valence-corrected chi connectivity index (χ3v) is 6.48. The summed E-state index contributed by atoms with van der Waals surface area (Å²) in [6, 6.07) is 27.4. The molecule has 3 aromatic carbocycles. The molecular formula is C28H22N4OS. The van der Waals surface area contributed by atoms with Crippen molar-refractivity contribution in [3.63, 3.8) is 0 Å². The number of aromatic nitrogens is 3. The number of amides is 1. The molecular weight excluding hydrogens is 440 g/mol. The van der Waals surface area contributed by atoms with E-state index in [-0.39, 0.29) is 5.91 Å². The Morgan fingerprint density at radius 2 is 1.76 bits per heavy atom. The molecule has 6 heteroatoms. The van der Waals surface area contributed by atoms with Crippen LogP contribution in [0.5, 0.6) is 0 Å². The van der Waals surface area contributed by atoms with E-state index >= 15 is 0 Å². The smallest absolute Gasteiger partial charge is 0.256 e. The molecule has 34 heavy (non-hydrogen) atoms. The van der Waals surface area contributed by atoms with E-state index in [1.807, 2.05) is 85.8 Å². The van der Waals surface area contributed by atoms with E-state index in [4.69, 9.17) is 0 Å². The zero-order valence-electron chi connectivity index (χ0n) is 18.5. The topological polar surface area (TPSA) is 70.7 Å². The standard InChI is InChI=1S/C28H22N4OS/c1-19-8-2-4-11-24(19)30-28(33)23-10-3-5-12-27(23)34-21-14-15-22-25(31-32-26(22)18-21)16-13-20-9-6-7-17-29-20/h2-18H,1H3,(H,30,33)(H,31,32)/b16-13+. The summed E-state index contributed by atoms with van der Waals surface area (Å²) >= 11 is 1.56. The van der Waals surface area contributed by atoms with Crippen LogP contribution in [0.1, 0.15) is 27.3 Å². The van der Waals surface area contributed by atoms with Crippen LogP contribution in [0.2, 0.25) is 0 Å². The molecule has 0 bridgehead atoms. The van der Waals surface area contributed by atoms with Gasteiger partial charge in [0.1, 0.15) is 0 Å². The second-order valence-corrected chi connectivity index (χ2v) is 8.89. The number of aromatic amines is 1. The Balaban J connectivity index is 1.37. The second-order valence-electron chi connectivity index (χ2n) is 7.77. The van der Waals surface area contributed by atoms with E-state index in [0.29, 0.717) is 5.56 Å². The largest absolute Gasteiger partial charge is 0.322 e. The number of aryl methyl sites for hydroxylation is 1. The first-order valence-corrected chi connectivity index (χ1v) is 11.7. The summed E-state index contributed by atoms with van der Waals surface area (Å²) in [5.74, 6) is -0.123. The number of carbonyl (C=O) groups excluding carboxylic acids is 1. The molecule has 2 aromatic heterocycles. The van der Waals surface area contributed by atoms with Crippen LogP contribution < -0.4 is 5.32 Å². The Bertz CT molecular complexity index is 1490. The van der Waals surface area contributed by atoms with Gasteiger partial charge in [-0.2, -0.15) is 5.10 Å². The van der Waals surface area contributed by atoms with Crippen LogP contribution >= 0.6 is 11.8 Å². The normalized spacial score (nSPS) is 11.2. The number of rotatable bonds is 6. The number of hydrogen-bond donors (Lipinski definition) is 2. The lowest BCUT2D eigenvalue weighted by Crippen LogP contribution is -2.13. The predicted molar refractivity (Wildman–Crippen MR) is 139 cm³/mol. The van der Waals surface area contributed by atoms with Crippen LogP contribution in [-0.4, -0.2) is 21.1 Å². The highest BCUT2D eigenvalue weighted by Crippen LogP contribution is 2.33. The first kappa shape index (κ1) is 21.7. The minimum Gasteiger partial charge on any atom is -0.322 e. The van der Waals surface area contributed by atoms with Gasteiger partial charge in [-0.25, -0.2) is 0 Å². The minimum absolute atomic E-state index is 0.123. The monoisotopic (exact) mass is 462 g/mol. The Morgan fingerprint density at radius 3 is 2.62 bits per heavy atom. The van der Waals surface area contributed by atoms with Gasteiger partial charge in [0.15, 0.2) is 0 Å². The molecule has 5 rings (SSSR count). The van der Waals surface area contributed by atoms with Crippen LogP contribution in [0.15, 0.2) is 101 Å². The third-order valence-electron chi connectivity index (χ3n) is 5.42. The Morgan fingerprint density at radius 1 is 0.941 bits per heavy atom. The molecule has 0 unspecified atom stereocenters. The van der Waals surface area contributed by atoms with Crippen LogP contribution in [0.4, 0.5) is 5.69 Å². The van der Waals surface area contributed by atoms with Gasteiger partial charge < -0.3 is 5.32 Å². The first-order valence-electron chi connectivity index (χ1n) is 10.9. The van der Waals surface area contributed by atoms with Crippen molar-refractivity contribution in [1.29, 1.82) is 0 Å². The lowest BCUT2D eigenvalue weighted by molar-refractivity contribution is 0.102. The van der Waals surface area contributed by atoms with Gasteiger partial charge in [0.2, 0.25) is 0 Å². The fourth-order valence-corrected chi connectivity index (χ4v) is 4.61. The zero-order chi connectivity index (χ0) is 23.3. The fraction of sp³-hybridized carbons (Fsp3) is 0.0357. The highest BCUT2D eigenvalue weighted by atomic mass is 32.2. The van der Waals surface area contributed by atoms with Crippen molar-refractivity contribution in [3.8, 4) is 0 Å². The summed E-state index contributed by atoms with van der Waals surface area (Å²) in [5.41, 5.74) is 5.16. The van der Waals surface area contributed by atoms with Crippen LogP contribution in [-0.2, 0) is 0 Å². The maximum absolute atomic E-state index is 13.0. The van der Waals surface area contributed by atoms with Crippen LogP contribution in [0, 0.1) is 6.92 Å². The Kier molecular flexibility index (Phi) is 6.23. The Hall–Kier alpha value is -4.16. The van der Waals surface area contributed by atoms with Gasteiger partial charge >= 0.3 is 0 Å². The van der Waals surface area contributed by atoms with Crippen molar-refractivity contribution < 1.29 is 4.79 Å². The van der Waals surface area contributed by atoms with E-state index in [9.17, 15) is 4.79 Å². The number of para-hydroxylation sites is 1. The van der Waals surface area contributed by atoms with Crippen molar-refractivity contribution in [3.05, 3.63) is 114 Å². The van der Waals surface area contributed by atoms with Crippen molar-refractivity contribution in [2.45, 2.75) is 16.7 Å². The average molecular weight is 463 g/mol. The van der Waals surface area contributed by atoms with Gasteiger partial charge in [-0.3, -0.25) is 14.9 Å². The average Bonchev–Trinajstić information content (AvgIpc) is 3.27. The van der Waals surface area contributed by atoms with Crippen molar-refractivity contribution >= 4 is 46.4 Å².